The Morgan fingerprint density at radius 3 is 2.80 bits per heavy atom. The highest BCUT2D eigenvalue weighted by Gasteiger charge is 2.16. The van der Waals surface area contributed by atoms with E-state index in [9.17, 15) is 5.11 Å². The van der Waals surface area contributed by atoms with Gasteiger partial charge in [-0.15, -0.1) is 11.3 Å². The van der Waals surface area contributed by atoms with Crippen molar-refractivity contribution in [1.29, 1.82) is 0 Å². The molecule has 0 bridgehead atoms. The first-order chi connectivity index (χ1) is 9.54. The third-order valence-electron chi connectivity index (χ3n) is 3.69. The van der Waals surface area contributed by atoms with Gasteiger partial charge in [0.25, 0.3) is 0 Å². The summed E-state index contributed by atoms with van der Waals surface area (Å²) in [6.07, 6.45) is 4.73. The third kappa shape index (κ3) is 2.36. The molecule has 0 fully saturated rings. The number of imidazole rings is 1. The van der Waals surface area contributed by atoms with Crippen molar-refractivity contribution >= 4 is 16.3 Å². The highest BCUT2D eigenvalue weighted by molar-refractivity contribution is 7.15. The van der Waals surface area contributed by atoms with Gasteiger partial charge in [-0.05, 0) is 19.4 Å². The average Bonchev–Trinajstić information content (AvgIpc) is 3.00. The molecule has 1 unspecified atom stereocenters. The molecule has 0 spiro atoms. The van der Waals surface area contributed by atoms with Gasteiger partial charge in [-0.2, -0.15) is 5.10 Å². The number of aryl methyl sites for hydroxylation is 2. The van der Waals surface area contributed by atoms with Crippen molar-refractivity contribution in [2.75, 3.05) is 0 Å². The lowest BCUT2D eigenvalue weighted by molar-refractivity contribution is 0.174. The molecular weight excluding hydrogens is 272 g/mol. The van der Waals surface area contributed by atoms with E-state index in [4.69, 9.17) is 0 Å². The maximum absolute atomic E-state index is 10.3. The number of hydrogen-bond donors (Lipinski definition) is 1. The van der Waals surface area contributed by atoms with Gasteiger partial charge in [0.15, 0.2) is 4.96 Å². The lowest BCUT2D eigenvalue weighted by Gasteiger charge is -2.09. The molecule has 0 aromatic carbocycles. The molecule has 3 heterocycles. The summed E-state index contributed by atoms with van der Waals surface area (Å²) in [5.41, 5.74) is 4.19. The van der Waals surface area contributed by atoms with Crippen LogP contribution in [0.15, 0.2) is 17.8 Å². The van der Waals surface area contributed by atoms with E-state index in [2.05, 4.69) is 10.1 Å². The van der Waals surface area contributed by atoms with Gasteiger partial charge in [-0.25, -0.2) is 4.98 Å². The standard InChI is InChI=1S/C14H18N4OS/c1-9-13(10(2)17(3)16-9)7-12(19)6-11-8-18-4-5-20-14(18)15-11/h4-5,8,12,19H,6-7H2,1-3H3. The van der Waals surface area contributed by atoms with E-state index in [-0.39, 0.29) is 0 Å². The Bertz CT molecular complexity index is 711. The SMILES string of the molecule is Cc1nn(C)c(C)c1CC(O)Cc1cn2ccsc2n1. The normalized spacial score (nSPS) is 13.2. The van der Waals surface area contributed by atoms with Crippen LogP contribution in [0.3, 0.4) is 0 Å². The van der Waals surface area contributed by atoms with Gasteiger partial charge in [0, 0.05) is 43.4 Å². The van der Waals surface area contributed by atoms with Crippen LogP contribution in [-0.4, -0.2) is 30.4 Å². The Kier molecular flexibility index (Phi) is 3.35. The van der Waals surface area contributed by atoms with Gasteiger partial charge < -0.3 is 5.11 Å². The zero-order valence-electron chi connectivity index (χ0n) is 11.9. The smallest absolute Gasteiger partial charge is 0.193 e. The molecule has 5 nitrogen and oxygen atoms in total. The van der Waals surface area contributed by atoms with Gasteiger partial charge in [0.05, 0.1) is 17.5 Å². The number of aliphatic hydroxyl groups excluding tert-OH is 1. The minimum atomic E-state index is -0.429. The predicted octanol–water partition coefficient (Wildman–Crippen LogP) is 1.89. The number of rotatable bonds is 4. The summed E-state index contributed by atoms with van der Waals surface area (Å²) >= 11 is 1.60. The first-order valence-corrected chi connectivity index (χ1v) is 7.50. The van der Waals surface area contributed by atoms with Crippen molar-refractivity contribution < 1.29 is 5.11 Å². The quantitative estimate of drug-likeness (QED) is 0.798. The van der Waals surface area contributed by atoms with E-state index < -0.39 is 6.10 Å². The monoisotopic (exact) mass is 290 g/mol. The Morgan fingerprint density at radius 2 is 2.15 bits per heavy atom. The van der Waals surface area contributed by atoms with Gasteiger partial charge in [0.2, 0.25) is 0 Å². The van der Waals surface area contributed by atoms with Gasteiger partial charge >= 0.3 is 0 Å². The molecule has 6 heteroatoms. The second-order valence-electron chi connectivity index (χ2n) is 5.16. The van der Waals surface area contributed by atoms with Crippen LogP contribution in [-0.2, 0) is 19.9 Å². The van der Waals surface area contributed by atoms with Gasteiger partial charge in [-0.3, -0.25) is 9.08 Å². The molecule has 0 radical (unpaired) electrons. The maximum Gasteiger partial charge on any atom is 0.193 e. The van der Waals surface area contributed by atoms with E-state index in [0.29, 0.717) is 12.8 Å². The highest BCUT2D eigenvalue weighted by Crippen LogP contribution is 2.17. The number of aliphatic hydroxyl groups is 1. The first kappa shape index (κ1) is 13.3. The molecule has 1 N–H and O–H groups in total. The molecular formula is C14H18N4OS. The summed E-state index contributed by atoms with van der Waals surface area (Å²) in [4.78, 5) is 5.48. The van der Waals surface area contributed by atoms with Crippen LogP contribution < -0.4 is 0 Å². The van der Waals surface area contributed by atoms with Crippen LogP contribution in [0.4, 0.5) is 0 Å². The fraction of sp³-hybridized carbons (Fsp3) is 0.429. The molecule has 1 atom stereocenters. The van der Waals surface area contributed by atoms with E-state index in [1.54, 1.807) is 11.3 Å². The molecule has 3 aromatic rings. The third-order valence-corrected chi connectivity index (χ3v) is 4.46. The van der Waals surface area contributed by atoms with Crippen LogP contribution in [0.5, 0.6) is 0 Å². The second kappa shape index (κ2) is 5.03. The van der Waals surface area contributed by atoms with Crippen LogP contribution in [0, 0.1) is 13.8 Å². The average molecular weight is 290 g/mol. The van der Waals surface area contributed by atoms with Crippen molar-refractivity contribution in [2.45, 2.75) is 32.8 Å². The number of hydrogen-bond acceptors (Lipinski definition) is 4. The topological polar surface area (TPSA) is 55.3 Å². The largest absolute Gasteiger partial charge is 0.392 e. The van der Waals surface area contributed by atoms with Crippen molar-refractivity contribution in [3.8, 4) is 0 Å². The minimum Gasteiger partial charge on any atom is -0.392 e. The lowest BCUT2D eigenvalue weighted by Crippen LogP contribution is -2.15. The lowest BCUT2D eigenvalue weighted by atomic mass is 10.0. The molecule has 20 heavy (non-hydrogen) atoms. The summed E-state index contributed by atoms with van der Waals surface area (Å²) in [5, 5.41) is 16.7. The fourth-order valence-electron chi connectivity index (χ4n) is 2.54. The zero-order valence-corrected chi connectivity index (χ0v) is 12.7. The molecule has 0 aliphatic carbocycles. The second-order valence-corrected chi connectivity index (χ2v) is 6.03. The molecule has 0 aliphatic rings. The zero-order chi connectivity index (χ0) is 14.3. The molecule has 0 saturated carbocycles. The molecule has 106 valence electrons. The van der Waals surface area contributed by atoms with Gasteiger partial charge in [-0.1, -0.05) is 0 Å². The fourth-order valence-corrected chi connectivity index (χ4v) is 3.26. The predicted molar refractivity (Wildman–Crippen MR) is 79.2 cm³/mol. The van der Waals surface area contributed by atoms with Crippen molar-refractivity contribution in [3.63, 3.8) is 0 Å². The van der Waals surface area contributed by atoms with Crippen LogP contribution in [0.1, 0.15) is 22.6 Å². The van der Waals surface area contributed by atoms with E-state index >= 15 is 0 Å². The number of fused-ring (bicyclic) bond motifs is 1. The number of nitrogens with zero attached hydrogens (tertiary/aromatic N) is 4. The molecule has 0 aliphatic heterocycles. The molecule has 0 amide bonds. The Balaban J connectivity index is 1.73. The summed E-state index contributed by atoms with van der Waals surface area (Å²) in [6, 6.07) is 0. The number of aromatic nitrogens is 4. The maximum atomic E-state index is 10.3. The number of thiazole rings is 1. The Labute approximate surface area is 121 Å². The van der Waals surface area contributed by atoms with Crippen molar-refractivity contribution in [3.05, 3.63) is 40.4 Å². The summed E-state index contributed by atoms with van der Waals surface area (Å²) in [7, 11) is 1.93. The van der Waals surface area contributed by atoms with Crippen LogP contribution in [0.25, 0.3) is 4.96 Å². The molecule has 0 saturated heterocycles. The van der Waals surface area contributed by atoms with E-state index in [0.717, 1.165) is 27.6 Å². The summed E-state index contributed by atoms with van der Waals surface area (Å²) in [5.74, 6) is 0. The van der Waals surface area contributed by atoms with E-state index in [1.807, 2.05) is 47.8 Å². The summed E-state index contributed by atoms with van der Waals surface area (Å²) < 4.78 is 3.86. The summed E-state index contributed by atoms with van der Waals surface area (Å²) in [6.45, 7) is 4.02. The van der Waals surface area contributed by atoms with Crippen LogP contribution >= 0.6 is 11.3 Å². The van der Waals surface area contributed by atoms with Crippen LogP contribution in [0.2, 0.25) is 0 Å². The Hall–Kier alpha value is -1.66. The van der Waals surface area contributed by atoms with Gasteiger partial charge in [0.1, 0.15) is 0 Å². The van der Waals surface area contributed by atoms with Crippen molar-refractivity contribution in [1.82, 2.24) is 19.2 Å². The highest BCUT2D eigenvalue weighted by atomic mass is 32.1. The molecule has 3 aromatic heterocycles. The first-order valence-electron chi connectivity index (χ1n) is 6.63. The minimum absolute atomic E-state index is 0.429. The van der Waals surface area contributed by atoms with Crippen molar-refractivity contribution in [2.24, 2.45) is 7.05 Å². The van der Waals surface area contributed by atoms with E-state index in [1.165, 1.54) is 0 Å². The Morgan fingerprint density at radius 1 is 1.35 bits per heavy atom. The molecule has 3 rings (SSSR count).